The average molecular weight is 204 g/mol. The molecule has 0 N–H and O–H groups in total. The van der Waals surface area contributed by atoms with E-state index in [0.29, 0.717) is 12.8 Å². The summed E-state index contributed by atoms with van der Waals surface area (Å²) < 4.78 is 36.4. The molecule has 0 saturated carbocycles. The van der Waals surface area contributed by atoms with Gasteiger partial charge in [-0.1, -0.05) is 18.2 Å². The minimum atomic E-state index is -4.27. The average Bonchev–Trinajstić information content (AvgIpc) is 2.02. The first-order chi connectivity index (χ1) is 6.39. The van der Waals surface area contributed by atoms with Gasteiger partial charge in [-0.15, -0.1) is 0 Å². The molecule has 1 aliphatic rings. The Bertz CT molecular complexity index is 286. The Balaban J connectivity index is 2.58. The normalized spacial score (nSPS) is 22.0. The molecule has 0 aromatic heterocycles. The third kappa shape index (κ3) is 3.01. The van der Waals surface area contributed by atoms with Crippen LogP contribution in [0.2, 0.25) is 0 Å². The van der Waals surface area contributed by atoms with Gasteiger partial charge in [0.2, 0.25) is 0 Å². The minimum Gasteiger partial charge on any atom is -0.300 e. The number of carbonyl (C=O) groups is 1. The fraction of sp³-hybridized carbons (Fsp3) is 0.500. The second-order valence-electron chi connectivity index (χ2n) is 3.42. The summed E-state index contributed by atoms with van der Waals surface area (Å²) in [5.41, 5.74) is -0.614. The Kier molecular flexibility index (Phi) is 3.13. The van der Waals surface area contributed by atoms with E-state index < -0.39 is 11.7 Å². The number of Topliss-reactive ketones (excluding diaryl/α,β-unsaturated/α-hetero) is 1. The standard InChI is InChI=1S/C10H11F3O/c1-7(14)6-8-2-4-9(5-3-8)10(11,12)13/h2,4-5,8H,3,6H2,1H3. The van der Waals surface area contributed by atoms with E-state index in [1.807, 2.05) is 0 Å². The van der Waals surface area contributed by atoms with Crippen molar-refractivity contribution in [3.63, 3.8) is 0 Å². The zero-order valence-corrected chi connectivity index (χ0v) is 7.77. The predicted molar refractivity (Wildman–Crippen MR) is 46.7 cm³/mol. The van der Waals surface area contributed by atoms with Crippen LogP contribution in [-0.4, -0.2) is 12.0 Å². The molecular weight excluding hydrogens is 193 g/mol. The van der Waals surface area contributed by atoms with Crippen molar-refractivity contribution in [1.82, 2.24) is 0 Å². The van der Waals surface area contributed by atoms with E-state index in [1.54, 1.807) is 0 Å². The van der Waals surface area contributed by atoms with Crippen LogP contribution >= 0.6 is 0 Å². The lowest BCUT2D eigenvalue weighted by Gasteiger charge is -2.16. The van der Waals surface area contributed by atoms with Crippen molar-refractivity contribution in [2.75, 3.05) is 0 Å². The topological polar surface area (TPSA) is 17.1 Å². The van der Waals surface area contributed by atoms with Crippen molar-refractivity contribution in [2.24, 2.45) is 5.92 Å². The van der Waals surface area contributed by atoms with Crippen molar-refractivity contribution >= 4 is 5.78 Å². The van der Waals surface area contributed by atoms with Gasteiger partial charge in [0.15, 0.2) is 0 Å². The van der Waals surface area contributed by atoms with Crippen LogP contribution in [0.25, 0.3) is 0 Å². The third-order valence-corrected chi connectivity index (χ3v) is 2.07. The van der Waals surface area contributed by atoms with E-state index >= 15 is 0 Å². The van der Waals surface area contributed by atoms with E-state index in [4.69, 9.17) is 0 Å². The molecule has 1 unspecified atom stereocenters. The van der Waals surface area contributed by atoms with Gasteiger partial charge in [-0.2, -0.15) is 13.2 Å². The third-order valence-electron chi connectivity index (χ3n) is 2.07. The minimum absolute atomic E-state index is 0.00325. The van der Waals surface area contributed by atoms with Crippen LogP contribution in [0, 0.1) is 5.92 Å². The molecule has 0 aromatic carbocycles. The van der Waals surface area contributed by atoms with E-state index in [2.05, 4.69) is 0 Å². The molecule has 4 heteroatoms. The Morgan fingerprint density at radius 3 is 2.57 bits per heavy atom. The Morgan fingerprint density at radius 1 is 1.57 bits per heavy atom. The highest BCUT2D eigenvalue weighted by molar-refractivity contribution is 5.76. The monoisotopic (exact) mass is 204 g/mol. The van der Waals surface area contributed by atoms with E-state index in [0.717, 1.165) is 12.2 Å². The number of ketones is 1. The highest BCUT2D eigenvalue weighted by Crippen LogP contribution is 2.31. The molecule has 0 aromatic rings. The number of rotatable bonds is 2. The summed E-state index contributed by atoms with van der Waals surface area (Å²) in [6.07, 6.45) is 0.00961. The molecule has 1 rings (SSSR count). The van der Waals surface area contributed by atoms with Crippen molar-refractivity contribution in [3.05, 3.63) is 23.8 Å². The first kappa shape index (κ1) is 11.0. The molecule has 0 bridgehead atoms. The first-order valence-corrected chi connectivity index (χ1v) is 4.34. The molecule has 0 fully saturated rings. The van der Waals surface area contributed by atoms with Crippen molar-refractivity contribution in [2.45, 2.75) is 25.9 Å². The molecule has 0 aliphatic heterocycles. The summed E-state index contributed by atoms with van der Waals surface area (Å²) in [5.74, 6) is -0.0675. The molecular formula is C10H11F3O. The Labute approximate surface area is 80.3 Å². The SMILES string of the molecule is CC(=O)CC1C=CC(C(F)(F)F)=CC1. The van der Waals surface area contributed by atoms with Gasteiger partial charge in [0.25, 0.3) is 0 Å². The number of hydrogen-bond donors (Lipinski definition) is 0. The molecule has 0 amide bonds. The maximum atomic E-state index is 12.1. The molecule has 0 saturated heterocycles. The number of carbonyl (C=O) groups excluding carboxylic acids is 1. The van der Waals surface area contributed by atoms with Crippen LogP contribution in [0.1, 0.15) is 19.8 Å². The molecule has 0 spiro atoms. The van der Waals surface area contributed by atoms with Crippen LogP contribution in [-0.2, 0) is 4.79 Å². The van der Waals surface area contributed by atoms with Gasteiger partial charge in [0, 0.05) is 6.42 Å². The fourth-order valence-electron chi connectivity index (χ4n) is 1.40. The molecule has 14 heavy (non-hydrogen) atoms. The second kappa shape index (κ2) is 3.98. The largest absolute Gasteiger partial charge is 0.416 e. The van der Waals surface area contributed by atoms with Gasteiger partial charge in [-0.3, -0.25) is 0 Å². The van der Waals surface area contributed by atoms with Crippen molar-refractivity contribution < 1.29 is 18.0 Å². The molecule has 0 radical (unpaired) electrons. The van der Waals surface area contributed by atoms with Gasteiger partial charge in [-0.05, 0) is 19.3 Å². The first-order valence-electron chi connectivity index (χ1n) is 4.34. The lowest BCUT2D eigenvalue weighted by atomic mass is 9.92. The van der Waals surface area contributed by atoms with Crippen LogP contribution in [0.3, 0.4) is 0 Å². The zero-order valence-electron chi connectivity index (χ0n) is 7.77. The van der Waals surface area contributed by atoms with Gasteiger partial charge in [0.05, 0.1) is 5.57 Å². The Morgan fingerprint density at radius 2 is 2.21 bits per heavy atom. The quantitative estimate of drug-likeness (QED) is 0.675. The number of hydrogen-bond acceptors (Lipinski definition) is 1. The molecule has 1 nitrogen and oxygen atoms in total. The number of halogens is 3. The summed E-state index contributed by atoms with van der Waals surface area (Å²) in [6, 6.07) is 0. The van der Waals surface area contributed by atoms with Crippen molar-refractivity contribution in [1.29, 1.82) is 0 Å². The number of alkyl halides is 3. The molecule has 1 atom stereocenters. The van der Waals surface area contributed by atoms with E-state index in [-0.39, 0.29) is 11.7 Å². The summed E-state index contributed by atoms with van der Waals surface area (Å²) in [4.78, 5) is 10.7. The Hall–Kier alpha value is -1.06. The van der Waals surface area contributed by atoms with Gasteiger partial charge < -0.3 is 4.79 Å². The van der Waals surface area contributed by atoms with Crippen LogP contribution in [0.4, 0.5) is 13.2 Å². The lowest BCUT2D eigenvalue weighted by Crippen LogP contribution is -2.14. The number of allylic oxidation sites excluding steroid dienone is 4. The lowest BCUT2D eigenvalue weighted by molar-refractivity contribution is -0.117. The maximum Gasteiger partial charge on any atom is 0.416 e. The van der Waals surface area contributed by atoms with E-state index in [9.17, 15) is 18.0 Å². The fourth-order valence-corrected chi connectivity index (χ4v) is 1.40. The summed E-state index contributed by atoms with van der Waals surface area (Å²) >= 11 is 0. The van der Waals surface area contributed by atoms with Crippen LogP contribution in [0.5, 0.6) is 0 Å². The highest BCUT2D eigenvalue weighted by Gasteiger charge is 2.32. The molecule has 78 valence electrons. The second-order valence-corrected chi connectivity index (χ2v) is 3.42. The summed E-state index contributed by atoms with van der Waals surface area (Å²) in [5, 5.41) is 0. The predicted octanol–water partition coefficient (Wildman–Crippen LogP) is 3.03. The van der Waals surface area contributed by atoms with Crippen molar-refractivity contribution in [3.8, 4) is 0 Å². The smallest absolute Gasteiger partial charge is 0.300 e. The van der Waals surface area contributed by atoms with Gasteiger partial charge in [0.1, 0.15) is 5.78 Å². The summed E-state index contributed by atoms with van der Waals surface area (Å²) in [6.45, 7) is 1.44. The zero-order chi connectivity index (χ0) is 10.8. The highest BCUT2D eigenvalue weighted by atomic mass is 19.4. The molecule has 1 aliphatic carbocycles. The summed E-state index contributed by atoms with van der Waals surface area (Å²) in [7, 11) is 0. The van der Waals surface area contributed by atoms with Crippen LogP contribution < -0.4 is 0 Å². The maximum absolute atomic E-state index is 12.1. The van der Waals surface area contributed by atoms with E-state index in [1.165, 1.54) is 13.0 Å². The molecule has 0 heterocycles. The van der Waals surface area contributed by atoms with Gasteiger partial charge >= 0.3 is 6.18 Å². The van der Waals surface area contributed by atoms with Gasteiger partial charge in [-0.25, -0.2) is 0 Å². The van der Waals surface area contributed by atoms with Crippen LogP contribution in [0.15, 0.2) is 23.8 Å².